The van der Waals surface area contributed by atoms with Gasteiger partial charge in [-0.3, -0.25) is 10.1 Å². The standard InChI is InChI=1S/C7H6BrFN2O2/c1-10-6-2-4(8)5(9)3-7(6)11(12)13/h2-3,10H,1H3. The summed E-state index contributed by atoms with van der Waals surface area (Å²) in [7, 11) is 1.53. The predicted molar refractivity (Wildman–Crippen MR) is 50.3 cm³/mol. The first-order chi connectivity index (χ1) is 6.06. The summed E-state index contributed by atoms with van der Waals surface area (Å²) < 4.78 is 13.1. The van der Waals surface area contributed by atoms with E-state index in [0.717, 1.165) is 6.07 Å². The summed E-state index contributed by atoms with van der Waals surface area (Å²) in [6.45, 7) is 0. The summed E-state index contributed by atoms with van der Waals surface area (Å²) >= 11 is 2.93. The molecule has 0 bridgehead atoms. The molecule has 0 spiro atoms. The molecule has 0 heterocycles. The van der Waals surface area contributed by atoms with Crippen LogP contribution in [0.1, 0.15) is 0 Å². The van der Waals surface area contributed by atoms with E-state index in [1.165, 1.54) is 13.1 Å². The number of benzene rings is 1. The van der Waals surface area contributed by atoms with Gasteiger partial charge in [0, 0.05) is 7.05 Å². The van der Waals surface area contributed by atoms with Gasteiger partial charge in [-0.2, -0.15) is 0 Å². The van der Waals surface area contributed by atoms with E-state index in [1.54, 1.807) is 0 Å². The summed E-state index contributed by atoms with van der Waals surface area (Å²) in [6.07, 6.45) is 0. The minimum absolute atomic E-state index is 0.197. The maximum absolute atomic E-state index is 12.9. The normalized spacial score (nSPS) is 9.77. The van der Waals surface area contributed by atoms with Gasteiger partial charge in [-0.25, -0.2) is 4.39 Å². The zero-order valence-electron chi connectivity index (χ0n) is 6.67. The van der Waals surface area contributed by atoms with E-state index in [9.17, 15) is 14.5 Å². The van der Waals surface area contributed by atoms with Gasteiger partial charge in [-0.15, -0.1) is 0 Å². The van der Waals surface area contributed by atoms with Gasteiger partial charge in [0.25, 0.3) is 5.69 Å². The summed E-state index contributed by atoms with van der Waals surface area (Å²) in [5.41, 5.74) is 0.00137. The molecule has 1 aromatic rings. The number of nitrogens with zero attached hydrogens (tertiary/aromatic N) is 1. The van der Waals surface area contributed by atoms with Crippen LogP contribution in [0.25, 0.3) is 0 Å². The molecule has 0 aliphatic rings. The van der Waals surface area contributed by atoms with Crippen molar-refractivity contribution in [1.29, 1.82) is 0 Å². The molecule has 0 aromatic heterocycles. The quantitative estimate of drug-likeness (QED) is 0.647. The van der Waals surface area contributed by atoms with Crippen LogP contribution >= 0.6 is 15.9 Å². The highest BCUT2D eigenvalue weighted by Gasteiger charge is 2.15. The lowest BCUT2D eigenvalue weighted by atomic mass is 10.2. The lowest BCUT2D eigenvalue weighted by Crippen LogP contribution is -1.97. The van der Waals surface area contributed by atoms with E-state index in [2.05, 4.69) is 21.2 Å². The summed E-state index contributed by atoms with van der Waals surface area (Å²) in [5.74, 6) is -0.647. The smallest absolute Gasteiger partial charge is 0.295 e. The molecule has 1 N–H and O–H groups in total. The second-order valence-corrected chi connectivity index (χ2v) is 3.14. The summed E-state index contributed by atoms with van der Waals surface area (Å²) in [4.78, 5) is 9.79. The molecule has 0 aliphatic carbocycles. The van der Waals surface area contributed by atoms with Gasteiger partial charge in [0.15, 0.2) is 0 Å². The van der Waals surface area contributed by atoms with Crippen LogP contribution < -0.4 is 5.32 Å². The number of nitro groups is 1. The first-order valence-corrected chi connectivity index (χ1v) is 4.16. The number of halogens is 2. The van der Waals surface area contributed by atoms with Crippen LogP contribution in [0.2, 0.25) is 0 Å². The van der Waals surface area contributed by atoms with E-state index in [4.69, 9.17) is 0 Å². The average molecular weight is 249 g/mol. The second kappa shape index (κ2) is 3.69. The van der Waals surface area contributed by atoms with Crippen LogP contribution in [0.5, 0.6) is 0 Å². The molecule has 6 heteroatoms. The molecule has 13 heavy (non-hydrogen) atoms. The van der Waals surface area contributed by atoms with Crippen molar-refractivity contribution in [3.8, 4) is 0 Å². The Kier molecular flexibility index (Phi) is 2.82. The Balaban J connectivity index is 3.33. The van der Waals surface area contributed by atoms with E-state index >= 15 is 0 Å². The molecule has 0 unspecified atom stereocenters. The van der Waals surface area contributed by atoms with Gasteiger partial charge in [0.2, 0.25) is 0 Å². The number of nitrogens with one attached hydrogen (secondary N) is 1. The van der Waals surface area contributed by atoms with Crippen molar-refractivity contribution in [2.75, 3.05) is 12.4 Å². The topological polar surface area (TPSA) is 55.2 Å². The second-order valence-electron chi connectivity index (χ2n) is 2.29. The molecule has 0 amide bonds. The molecule has 0 saturated carbocycles. The van der Waals surface area contributed by atoms with Crippen LogP contribution in [0, 0.1) is 15.9 Å². The van der Waals surface area contributed by atoms with E-state index in [1.807, 2.05) is 0 Å². The highest BCUT2D eigenvalue weighted by atomic mass is 79.9. The molecular formula is C7H6BrFN2O2. The third-order valence-corrected chi connectivity index (χ3v) is 2.11. The fourth-order valence-corrected chi connectivity index (χ4v) is 1.23. The third kappa shape index (κ3) is 1.95. The molecule has 1 aromatic carbocycles. The van der Waals surface area contributed by atoms with Gasteiger partial charge in [-0.1, -0.05) is 0 Å². The highest BCUT2D eigenvalue weighted by Crippen LogP contribution is 2.29. The molecular weight excluding hydrogens is 243 g/mol. The summed E-state index contributed by atoms with van der Waals surface area (Å²) in [5, 5.41) is 13.0. The largest absolute Gasteiger partial charge is 0.383 e. The Morgan fingerprint density at radius 3 is 2.69 bits per heavy atom. The monoisotopic (exact) mass is 248 g/mol. The Morgan fingerprint density at radius 2 is 2.23 bits per heavy atom. The molecule has 4 nitrogen and oxygen atoms in total. The number of rotatable bonds is 2. The van der Waals surface area contributed by atoms with Crippen molar-refractivity contribution in [2.24, 2.45) is 0 Å². The fourth-order valence-electron chi connectivity index (χ4n) is 0.888. The first kappa shape index (κ1) is 9.91. The molecule has 1 rings (SSSR count). The van der Waals surface area contributed by atoms with Crippen LogP contribution in [0.3, 0.4) is 0 Å². The molecule has 0 atom stereocenters. The molecule has 0 aliphatic heterocycles. The molecule has 70 valence electrons. The molecule has 0 saturated heterocycles. The maximum atomic E-state index is 12.9. The lowest BCUT2D eigenvalue weighted by molar-refractivity contribution is -0.384. The fraction of sp³-hybridized carbons (Fsp3) is 0.143. The lowest BCUT2D eigenvalue weighted by Gasteiger charge is -2.02. The number of hydrogen-bond donors (Lipinski definition) is 1. The van der Waals surface area contributed by atoms with Crippen molar-refractivity contribution in [1.82, 2.24) is 0 Å². The van der Waals surface area contributed by atoms with Gasteiger partial charge in [0.1, 0.15) is 11.5 Å². The maximum Gasteiger partial charge on any atom is 0.295 e. The van der Waals surface area contributed by atoms with Gasteiger partial charge >= 0.3 is 0 Å². The Morgan fingerprint density at radius 1 is 1.62 bits per heavy atom. The molecule has 0 radical (unpaired) electrons. The van der Waals surface area contributed by atoms with Crippen LogP contribution in [-0.2, 0) is 0 Å². The zero-order chi connectivity index (χ0) is 10.0. The SMILES string of the molecule is CNc1cc(Br)c(F)cc1[N+](=O)[O-]. The Labute approximate surface area is 82.0 Å². The number of hydrogen-bond acceptors (Lipinski definition) is 3. The van der Waals surface area contributed by atoms with E-state index in [-0.39, 0.29) is 15.8 Å². The van der Waals surface area contributed by atoms with Crippen molar-refractivity contribution in [3.05, 3.63) is 32.5 Å². The van der Waals surface area contributed by atoms with Gasteiger partial charge < -0.3 is 5.32 Å². The minimum Gasteiger partial charge on any atom is -0.383 e. The Hall–Kier alpha value is -1.17. The van der Waals surface area contributed by atoms with Crippen LogP contribution in [0.15, 0.2) is 16.6 Å². The summed E-state index contributed by atoms with van der Waals surface area (Å²) in [6, 6.07) is 2.20. The number of nitro benzene ring substituents is 1. The van der Waals surface area contributed by atoms with E-state index < -0.39 is 10.7 Å². The van der Waals surface area contributed by atoms with Crippen molar-refractivity contribution >= 4 is 27.3 Å². The van der Waals surface area contributed by atoms with Gasteiger partial charge in [0.05, 0.1) is 15.5 Å². The van der Waals surface area contributed by atoms with Crippen molar-refractivity contribution < 1.29 is 9.31 Å². The van der Waals surface area contributed by atoms with Crippen molar-refractivity contribution in [3.63, 3.8) is 0 Å². The highest BCUT2D eigenvalue weighted by molar-refractivity contribution is 9.10. The third-order valence-electron chi connectivity index (χ3n) is 1.50. The van der Waals surface area contributed by atoms with Gasteiger partial charge in [-0.05, 0) is 22.0 Å². The zero-order valence-corrected chi connectivity index (χ0v) is 8.26. The predicted octanol–water partition coefficient (Wildman–Crippen LogP) is 2.54. The van der Waals surface area contributed by atoms with Crippen molar-refractivity contribution in [2.45, 2.75) is 0 Å². The minimum atomic E-state index is -0.647. The van der Waals surface area contributed by atoms with Crippen LogP contribution in [0.4, 0.5) is 15.8 Å². The average Bonchev–Trinajstić information content (AvgIpc) is 2.08. The van der Waals surface area contributed by atoms with Crippen LogP contribution in [-0.4, -0.2) is 12.0 Å². The Bertz CT molecular complexity index is 357. The van der Waals surface area contributed by atoms with E-state index in [0.29, 0.717) is 0 Å². The first-order valence-electron chi connectivity index (χ1n) is 3.37. The number of anilines is 1. The molecule has 0 fully saturated rings.